The molecule has 0 saturated carbocycles. The third-order valence-corrected chi connectivity index (χ3v) is 5.90. The molecule has 0 fully saturated rings. The van der Waals surface area contributed by atoms with E-state index < -0.39 is 5.82 Å². The topological polar surface area (TPSA) is 111 Å². The van der Waals surface area contributed by atoms with Crippen molar-refractivity contribution in [3.05, 3.63) is 66.1 Å². The zero-order chi connectivity index (χ0) is 25.2. The molecule has 0 radical (unpaired) electrons. The number of hydrogen-bond donors (Lipinski definition) is 3. The van der Waals surface area contributed by atoms with Crippen LogP contribution >= 0.6 is 0 Å². The number of aromatic nitrogens is 6. The number of benzene rings is 1. The van der Waals surface area contributed by atoms with Crippen molar-refractivity contribution in [2.75, 3.05) is 18.5 Å². The molecule has 0 saturated heterocycles. The van der Waals surface area contributed by atoms with Gasteiger partial charge < -0.3 is 15.2 Å². The van der Waals surface area contributed by atoms with E-state index in [2.05, 4.69) is 42.2 Å². The Kier molecular flexibility index (Phi) is 6.26. The van der Waals surface area contributed by atoms with Gasteiger partial charge in [-0.2, -0.15) is 5.10 Å². The monoisotopic (exact) mass is 483 g/mol. The predicted molar refractivity (Wildman–Crippen MR) is 141 cm³/mol. The van der Waals surface area contributed by atoms with Crippen molar-refractivity contribution in [2.45, 2.75) is 20.4 Å². The van der Waals surface area contributed by atoms with E-state index in [4.69, 9.17) is 4.98 Å². The van der Waals surface area contributed by atoms with Crippen LogP contribution in [-0.4, -0.2) is 50.4 Å². The molecule has 0 aliphatic rings. The molecule has 10 heteroatoms. The highest BCUT2D eigenvalue weighted by molar-refractivity contribution is 5.97. The number of anilines is 1. The van der Waals surface area contributed by atoms with Gasteiger partial charge >= 0.3 is 0 Å². The summed E-state index contributed by atoms with van der Waals surface area (Å²) in [7, 11) is 1.87. The van der Waals surface area contributed by atoms with Crippen molar-refractivity contribution in [1.82, 2.24) is 35.5 Å². The number of imidazole rings is 1. The first kappa shape index (κ1) is 23.3. The first-order valence-corrected chi connectivity index (χ1v) is 11.5. The molecule has 0 spiro atoms. The number of hydrogen-bond acceptors (Lipinski definition) is 7. The van der Waals surface area contributed by atoms with Crippen LogP contribution in [0.25, 0.3) is 44.6 Å². The lowest BCUT2D eigenvalue weighted by Gasteiger charge is -2.13. The molecular formula is C26H26FN9. The Morgan fingerprint density at radius 1 is 1.22 bits per heavy atom. The maximum absolute atomic E-state index is 15.1. The van der Waals surface area contributed by atoms with E-state index in [-0.39, 0.29) is 5.52 Å². The molecule has 0 aliphatic carbocycles. The predicted octanol–water partition coefficient (Wildman–Crippen LogP) is 4.81. The van der Waals surface area contributed by atoms with Gasteiger partial charge in [-0.1, -0.05) is 6.92 Å². The lowest BCUT2D eigenvalue weighted by molar-refractivity contribution is 0.636. The second kappa shape index (κ2) is 9.67. The van der Waals surface area contributed by atoms with Gasteiger partial charge in [-0.05, 0) is 55.6 Å². The number of halogens is 1. The normalized spacial score (nSPS) is 11.9. The van der Waals surface area contributed by atoms with E-state index in [0.717, 1.165) is 28.9 Å². The number of H-pyrrole nitrogens is 2. The van der Waals surface area contributed by atoms with Gasteiger partial charge in [0.25, 0.3) is 0 Å². The van der Waals surface area contributed by atoms with E-state index >= 15 is 4.39 Å². The number of aromatic amines is 2. The molecular weight excluding hydrogens is 457 g/mol. The van der Waals surface area contributed by atoms with E-state index in [1.54, 1.807) is 12.4 Å². The Morgan fingerprint density at radius 2 is 2.08 bits per heavy atom. The Labute approximate surface area is 207 Å². The van der Waals surface area contributed by atoms with E-state index in [9.17, 15) is 0 Å². The molecule has 3 N–H and O–H groups in total. The van der Waals surface area contributed by atoms with Crippen molar-refractivity contribution in [3.63, 3.8) is 0 Å². The smallest absolute Gasteiger partial charge is 0.160 e. The van der Waals surface area contributed by atoms with Crippen molar-refractivity contribution in [2.24, 2.45) is 4.99 Å². The Morgan fingerprint density at radius 3 is 2.89 bits per heavy atom. The number of rotatable bonds is 8. The summed E-state index contributed by atoms with van der Waals surface area (Å²) >= 11 is 0. The highest BCUT2D eigenvalue weighted by Gasteiger charge is 2.18. The minimum absolute atomic E-state index is 0.247. The van der Waals surface area contributed by atoms with Gasteiger partial charge in [-0.25, -0.2) is 14.4 Å². The average molecular weight is 484 g/mol. The van der Waals surface area contributed by atoms with Crippen molar-refractivity contribution >= 4 is 34.5 Å². The van der Waals surface area contributed by atoms with Crippen LogP contribution < -0.4 is 10.2 Å². The van der Waals surface area contributed by atoms with Gasteiger partial charge in [0.2, 0.25) is 0 Å². The van der Waals surface area contributed by atoms with E-state index in [1.807, 2.05) is 56.4 Å². The molecule has 0 amide bonds. The summed E-state index contributed by atoms with van der Waals surface area (Å²) in [6.07, 6.45) is 7.08. The Balaban J connectivity index is 1.60. The molecule has 182 valence electrons. The van der Waals surface area contributed by atoms with E-state index in [0.29, 0.717) is 40.3 Å². The van der Waals surface area contributed by atoms with Crippen LogP contribution in [0.3, 0.4) is 0 Å². The summed E-state index contributed by atoms with van der Waals surface area (Å²) in [6, 6.07) is 7.25. The second-order valence-electron chi connectivity index (χ2n) is 8.47. The fourth-order valence-electron chi connectivity index (χ4n) is 4.11. The Hall–Kier alpha value is -4.44. The van der Waals surface area contributed by atoms with Gasteiger partial charge in [0, 0.05) is 49.3 Å². The highest BCUT2D eigenvalue weighted by atomic mass is 19.1. The van der Waals surface area contributed by atoms with Crippen LogP contribution in [0.2, 0.25) is 0 Å². The average Bonchev–Trinajstić information content (AvgIpc) is 3.51. The number of nitrogens with one attached hydrogen (secondary N) is 3. The van der Waals surface area contributed by atoms with Gasteiger partial charge in [0.15, 0.2) is 17.5 Å². The van der Waals surface area contributed by atoms with Crippen LogP contribution in [0, 0.1) is 5.82 Å². The molecule has 0 bridgehead atoms. The molecule has 36 heavy (non-hydrogen) atoms. The van der Waals surface area contributed by atoms with Crippen molar-refractivity contribution < 1.29 is 4.39 Å². The molecule has 9 nitrogen and oxygen atoms in total. The maximum atomic E-state index is 15.1. The van der Waals surface area contributed by atoms with Gasteiger partial charge in [-0.3, -0.25) is 15.1 Å². The fraction of sp³-hybridized carbons (Fsp3) is 0.192. The third kappa shape index (κ3) is 4.34. The summed E-state index contributed by atoms with van der Waals surface area (Å²) in [5.74, 6) is 0.767. The molecule has 0 unspecified atom stereocenters. The minimum atomic E-state index is -0.419. The number of allylic oxidation sites excluding steroid dienone is 1. The maximum Gasteiger partial charge on any atom is 0.160 e. The first-order chi connectivity index (χ1) is 17.5. The zero-order valence-corrected chi connectivity index (χ0v) is 20.3. The summed E-state index contributed by atoms with van der Waals surface area (Å²) in [6.45, 7) is 9.01. The van der Waals surface area contributed by atoms with Gasteiger partial charge in [0.05, 0.1) is 11.2 Å². The molecule has 5 rings (SSSR count). The van der Waals surface area contributed by atoms with Crippen molar-refractivity contribution in [3.8, 4) is 22.6 Å². The fourth-order valence-corrected chi connectivity index (χ4v) is 4.11. The summed E-state index contributed by atoms with van der Waals surface area (Å²) in [5, 5.41) is 11.1. The summed E-state index contributed by atoms with van der Waals surface area (Å²) in [4.78, 5) is 22.7. The molecule has 1 aromatic carbocycles. The van der Waals surface area contributed by atoms with E-state index in [1.165, 1.54) is 6.07 Å². The van der Waals surface area contributed by atoms with Gasteiger partial charge in [0.1, 0.15) is 16.7 Å². The number of fused-ring (bicyclic) bond motifs is 2. The van der Waals surface area contributed by atoms with Crippen LogP contribution in [0.4, 0.5) is 10.2 Å². The quantitative estimate of drug-likeness (QED) is 0.273. The number of aliphatic imine (C=N–C) groups is 1. The minimum Gasteiger partial charge on any atom is -0.336 e. The second-order valence-corrected chi connectivity index (χ2v) is 8.47. The van der Waals surface area contributed by atoms with Crippen LogP contribution in [0.1, 0.15) is 19.4 Å². The summed E-state index contributed by atoms with van der Waals surface area (Å²) < 4.78 is 15.1. The first-order valence-electron chi connectivity index (χ1n) is 11.5. The van der Waals surface area contributed by atoms with Gasteiger partial charge in [-0.15, -0.1) is 0 Å². The summed E-state index contributed by atoms with van der Waals surface area (Å²) in [5.41, 5.74) is 5.61. The molecule has 0 atom stereocenters. The third-order valence-electron chi connectivity index (χ3n) is 5.90. The Bertz CT molecular complexity index is 1600. The molecule has 4 heterocycles. The molecule has 4 aromatic heterocycles. The van der Waals surface area contributed by atoms with Crippen LogP contribution in [0.5, 0.6) is 0 Å². The number of pyridine rings is 2. The van der Waals surface area contributed by atoms with Crippen LogP contribution in [0.15, 0.2) is 59.7 Å². The largest absolute Gasteiger partial charge is 0.336 e. The number of nitrogens with zero attached hydrogens (tertiary/aromatic N) is 6. The zero-order valence-electron chi connectivity index (χ0n) is 20.3. The van der Waals surface area contributed by atoms with Crippen LogP contribution in [-0.2, 0) is 6.54 Å². The molecule has 0 aliphatic heterocycles. The lowest BCUT2D eigenvalue weighted by atomic mass is 10.0. The highest BCUT2D eigenvalue weighted by Crippen LogP contribution is 2.33. The lowest BCUT2D eigenvalue weighted by Crippen LogP contribution is -2.11. The van der Waals surface area contributed by atoms with Crippen molar-refractivity contribution in [1.29, 1.82) is 0 Å². The molecule has 5 aromatic rings. The SMILES string of the molecule is C=N/C(C)=C\N(C)c1nccc2[nH]c(-c3[nH]nc4c(F)cc(-c5cncc(CNCC)c5)cc34)nc12. The standard InChI is InChI=1S/C26H26FN9/c1-5-29-11-16-8-18(13-30-12-16)17-9-19-22(20(27)10-17)34-35-23(19)25-32-21-6-7-31-26(24(21)33-25)36(4)14-15(2)28-3/h6-10,12-14,29H,3,5,11H2,1-2,4H3,(H,32,33)(H,34,35)/b15-14-.